The number of amides is 1. The number of carbonyl (C=O) groups excluding carboxylic acids is 1. The van der Waals surface area contributed by atoms with E-state index < -0.39 is 12.8 Å². The van der Waals surface area contributed by atoms with E-state index in [1.807, 2.05) is 0 Å². The number of halogens is 4. The van der Waals surface area contributed by atoms with Crippen LogP contribution in [0.4, 0.5) is 13.2 Å². The number of hydrogen-bond acceptors (Lipinski definition) is 3. The molecule has 3 rings (SSSR count). The van der Waals surface area contributed by atoms with Gasteiger partial charge in [0.2, 0.25) is 5.91 Å². The number of carbonyl (C=O) groups is 1. The molecule has 1 amide bonds. The molecular formula is C17H22ClF3N2O2. The Balaban J connectivity index is 0.00000225. The fraction of sp³-hybridized carbons (Fsp3) is 0.588. The van der Waals surface area contributed by atoms with Crippen LogP contribution in [0.3, 0.4) is 0 Å². The van der Waals surface area contributed by atoms with Crippen molar-refractivity contribution in [2.24, 2.45) is 11.3 Å². The SMILES string of the molecule is Cl.O=C(NCc1ccccc1OCC(F)(F)F)C1CC12CCNCC2. The molecule has 1 saturated carbocycles. The third-order valence-corrected chi connectivity index (χ3v) is 4.92. The first-order valence-electron chi connectivity index (χ1n) is 8.16. The van der Waals surface area contributed by atoms with Crippen LogP contribution in [0.15, 0.2) is 24.3 Å². The van der Waals surface area contributed by atoms with Crippen molar-refractivity contribution in [2.45, 2.75) is 32.0 Å². The lowest BCUT2D eigenvalue weighted by Crippen LogP contribution is -2.33. The second-order valence-corrected chi connectivity index (χ2v) is 6.60. The number of benzene rings is 1. The summed E-state index contributed by atoms with van der Waals surface area (Å²) in [6.45, 7) is 0.726. The Hall–Kier alpha value is -1.47. The molecule has 1 aliphatic heterocycles. The predicted octanol–water partition coefficient (Wildman–Crippen LogP) is 3.06. The van der Waals surface area contributed by atoms with E-state index in [-0.39, 0.29) is 41.9 Å². The summed E-state index contributed by atoms with van der Waals surface area (Å²) < 4.78 is 41.7. The van der Waals surface area contributed by atoms with Crippen molar-refractivity contribution in [3.63, 3.8) is 0 Å². The van der Waals surface area contributed by atoms with Crippen LogP contribution in [0, 0.1) is 11.3 Å². The minimum atomic E-state index is -4.38. The Morgan fingerprint density at radius 1 is 1.28 bits per heavy atom. The average Bonchev–Trinajstić information content (AvgIpc) is 3.24. The van der Waals surface area contributed by atoms with Gasteiger partial charge in [0.25, 0.3) is 0 Å². The molecule has 4 nitrogen and oxygen atoms in total. The van der Waals surface area contributed by atoms with Crippen molar-refractivity contribution >= 4 is 18.3 Å². The van der Waals surface area contributed by atoms with Crippen LogP contribution in [0.2, 0.25) is 0 Å². The van der Waals surface area contributed by atoms with Crippen molar-refractivity contribution < 1.29 is 22.7 Å². The van der Waals surface area contributed by atoms with Crippen LogP contribution in [-0.2, 0) is 11.3 Å². The van der Waals surface area contributed by atoms with E-state index >= 15 is 0 Å². The maximum absolute atomic E-state index is 12.3. The van der Waals surface area contributed by atoms with Gasteiger partial charge in [-0.3, -0.25) is 4.79 Å². The summed E-state index contributed by atoms with van der Waals surface area (Å²) in [7, 11) is 0. The molecule has 0 aromatic heterocycles. The molecule has 8 heteroatoms. The molecule has 1 saturated heterocycles. The summed E-state index contributed by atoms with van der Waals surface area (Å²) in [5.41, 5.74) is 0.692. The highest BCUT2D eigenvalue weighted by Crippen LogP contribution is 2.58. The van der Waals surface area contributed by atoms with Gasteiger partial charge < -0.3 is 15.4 Å². The van der Waals surface area contributed by atoms with Gasteiger partial charge in [-0.05, 0) is 43.8 Å². The highest BCUT2D eigenvalue weighted by molar-refractivity contribution is 5.85. The van der Waals surface area contributed by atoms with Gasteiger partial charge in [0.1, 0.15) is 5.75 Å². The van der Waals surface area contributed by atoms with E-state index in [0.717, 1.165) is 32.4 Å². The number of para-hydroxylation sites is 1. The Morgan fingerprint density at radius 3 is 2.64 bits per heavy atom. The molecule has 1 spiro atoms. The molecule has 1 atom stereocenters. The molecule has 1 aliphatic carbocycles. The summed E-state index contributed by atoms with van der Waals surface area (Å²) >= 11 is 0. The summed E-state index contributed by atoms with van der Waals surface area (Å²) in [6, 6.07) is 6.48. The molecule has 2 fully saturated rings. The Morgan fingerprint density at radius 2 is 1.96 bits per heavy atom. The van der Waals surface area contributed by atoms with Crippen LogP contribution >= 0.6 is 12.4 Å². The molecule has 140 valence electrons. The van der Waals surface area contributed by atoms with Crippen LogP contribution in [0.1, 0.15) is 24.8 Å². The lowest BCUT2D eigenvalue weighted by molar-refractivity contribution is -0.153. The van der Waals surface area contributed by atoms with Crippen molar-refractivity contribution in [1.82, 2.24) is 10.6 Å². The number of rotatable bonds is 5. The quantitative estimate of drug-likeness (QED) is 0.828. The van der Waals surface area contributed by atoms with Crippen LogP contribution in [0.5, 0.6) is 5.75 Å². The molecule has 25 heavy (non-hydrogen) atoms. The third kappa shape index (κ3) is 5.01. The summed E-state index contributed by atoms with van der Waals surface area (Å²) in [4.78, 5) is 12.3. The maximum atomic E-state index is 12.3. The van der Waals surface area contributed by atoms with Gasteiger partial charge >= 0.3 is 6.18 Å². The molecule has 2 N–H and O–H groups in total. The number of ether oxygens (including phenoxy) is 1. The van der Waals surface area contributed by atoms with Gasteiger partial charge in [0.15, 0.2) is 6.61 Å². The monoisotopic (exact) mass is 378 g/mol. The fourth-order valence-electron chi connectivity index (χ4n) is 3.45. The average molecular weight is 379 g/mol. The highest BCUT2D eigenvalue weighted by atomic mass is 35.5. The standard InChI is InChI=1S/C17H21F3N2O2.ClH/c18-17(19,20)11-24-14-4-2-1-3-12(14)10-22-15(23)13-9-16(13)5-7-21-8-6-16;/h1-4,13,21H,5-11H2,(H,22,23);1H. The van der Waals surface area contributed by atoms with E-state index in [4.69, 9.17) is 4.74 Å². The molecule has 1 unspecified atom stereocenters. The summed E-state index contributed by atoms with van der Waals surface area (Å²) in [5, 5.41) is 6.14. The van der Waals surface area contributed by atoms with E-state index in [9.17, 15) is 18.0 Å². The first-order valence-corrected chi connectivity index (χ1v) is 8.16. The van der Waals surface area contributed by atoms with Crippen molar-refractivity contribution in [1.29, 1.82) is 0 Å². The van der Waals surface area contributed by atoms with Crippen molar-refractivity contribution in [2.75, 3.05) is 19.7 Å². The largest absolute Gasteiger partial charge is 0.484 e. The summed E-state index contributed by atoms with van der Waals surface area (Å²) in [6.07, 6.45) is -1.45. The molecule has 0 bridgehead atoms. The molecular weight excluding hydrogens is 357 g/mol. The molecule has 1 heterocycles. The van der Waals surface area contributed by atoms with E-state index in [1.54, 1.807) is 18.2 Å². The Bertz CT molecular complexity index is 604. The van der Waals surface area contributed by atoms with Crippen LogP contribution in [0.25, 0.3) is 0 Å². The molecule has 1 aromatic rings. The normalized spacial score (nSPS) is 21.3. The Kier molecular flexibility index (Phi) is 6.21. The topological polar surface area (TPSA) is 50.4 Å². The van der Waals surface area contributed by atoms with Crippen molar-refractivity contribution in [3.8, 4) is 5.75 Å². The first kappa shape index (κ1) is 19.8. The second-order valence-electron chi connectivity index (χ2n) is 6.60. The lowest BCUT2D eigenvalue weighted by atomic mass is 9.92. The molecule has 0 radical (unpaired) electrons. The van der Waals surface area contributed by atoms with E-state index in [2.05, 4.69) is 10.6 Å². The van der Waals surface area contributed by atoms with Gasteiger partial charge in [0.05, 0.1) is 0 Å². The zero-order valence-corrected chi connectivity index (χ0v) is 14.5. The van der Waals surface area contributed by atoms with E-state index in [0.29, 0.717) is 5.56 Å². The van der Waals surface area contributed by atoms with Gasteiger partial charge in [-0.25, -0.2) is 0 Å². The van der Waals surface area contributed by atoms with Crippen LogP contribution < -0.4 is 15.4 Å². The number of hydrogen-bond donors (Lipinski definition) is 2. The molecule has 1 aromatic carbocycles. The van der Waals surface area contributed by atoms with Crippen molar-refractivity contribution in [3.05, 3.63) is 29.8 Å². The number of alkyl halides is 3. The van der Waals surface area contributed by atoms with Crippen LogP contribution in [-0.4, -0.2) is 31.8 Å². The number of nitrogens with one attached hydrogen (secondary N) is 2. The smallest absolute Gasteiger partial charge is 0.422 e. The maximum Gasteiger partial charge on any atom is 0.422 e. The number of piperidine rings is 1. The first-order chi connectivity index (χ1) is 11.4. The van der Waals surface area contributed by atoms with Gasteiger partial charge in [-0.1, -0.05) is 18.2 Å². The predicted molar refractivity (Wildman–Crippen MR) is 89.7 cm³/mol. The van der Waals surface area contributed by atoms with Gasteiger partial charge in [-0.15, -0.1) is 12.4 Å². The van der Waals surface area contributed by atoms with E-state index in [1.165, 1.54) is 6.07 Å². The third-order valence-electron chi connectivity index (χ3n) is 4.92. The fourth-order valence-corrected chi connectivity index (χ4v) is 3.45. The Labute approximate surface area is 150 Å². The lowest BCUT2D eigenvalue weighted by Gasteiger charge is -2.23. The zero-order valence-electron chi connectivity index (χ0n) is 13.7. The second kappa shape index (κ2) is 7.83. The van der Waals surface area contributed by atoms with Gasteiger partial charge in [-0.2, -0.15) is 13.2 Å². The zero-order chi connectivity index (χ0) is 17.2. The molecule has 2 aliphatic rings. The highest BCUT2D eigenvalue weighted by Gasteiger charge is 2.57. The van der Waals surface area contributed by atoms with Gasteiger partial charge in [0, 0.05) is 18.0 Å². The minimum absolute atomic E-state index is 0. The minimum Gasteiger partial charge on any atom is -0.484 e. The summed E-state index contributed by atoms with van der Waals surface area (Å²) in [5.74, 6) is 0.174.